The largest absolute Gasteiger partial charge is 0.413 e. The van der Waals surface area contributed by atoms with E-state index in [0.29, 0.717) is 22.0 Å². The van der Waals surface area contributed by atoms with E-state index in [-0.39, 0.29) is 0 Å². The van der Waals surface area contributed by atoms with Crippen LogP contribution < -0.4 is 0 Å². The molecule has 0 aliphatic heterocycles. The van der Waals surface area contributed by atoms with Crippen molar-refractivity contribution in [1.29, 1.82) is 0 Å². The van der Waals surface area contributed by atoms with Crippen molar-refractivity contribution in [2.24, 2.45) is 39.7 Å². The summed E-state index contributed by atoms with van der Waals surface area (Å²) in [6.45, 7) is 17.3. The molecule has 0 amide bonds. The number of nitrogens with zero attached hydrogens (tertiary/aromatic N) is 1. The summed E-state index contributed by atoms with van der Waals surface area (Å²) in [6, 6.07) is 0. The summed E-state index contributed by atoms with van der Waals surface area (Å²) in [6.07, 6.45) is 12.4. The van der Waals surface area contributed by atoms with Crippen LogP contribution in [0.25, 0.3) is 0 Å². The molecular formula is C26H47NO2Si. The van der Waals surface area contributed by atoms with Gasteiger partial charge in [0.15, 0.2) is 8.32 Å². The Bertz CT molecular complexity index is 683. The van der Waals surface area contributed by atoms with Crippen molar-refractivity contribution < 1.29 is 9.26 Å². The van der Waals surface area contributed by atoms with Gasteiger partial charge in [0.2, 0.25) is 0 Å². The molecule has 4 heteroatoms. The molecule has 30 heavy (non-hydrogen) atoms. The van der Waals surface area contributed by atoms with Crippen LogP contribution in [-0.4, -0.2) is 27.2 Å². The lowest BCUT2D eigenvalue weighted by Gasteiger charge is -2.60. The number of oxime groups is 1. The monoisotopic (exact) mass is 433 g/mol. The predicted molar refractivity (Wildman–Crippen MR) is 128 cm³/mol. The third-order valence-corrected chi connectivity index (χ3v) is 15.4. The molecule has 0 radical (unpaired) electrons. The first-order chi connectivity index (χ1) is 13.9. The first-order valence-corrected chi connectivity index (χ1v) is 15.6. The quantitative estimate of drug-likeness (QED) is 0.342. The van der Waals surface area contributed by atoms with E-state index < -0.39 is 8.32 Å². The van der Waals surface area contributed by atoms with Gasteiger partial charge in [-0.15, -0.1) is 0 Å². The van der Waals surface area contributed by atoms with E-state index in [1.165, 1.54) is 57.1 Å². The first kappa shape index (κ1) is 22.8. The molecule has 4 fully saturated rings. The van der Waals surface area contributed by atoms with Gasteiger partial charge in [-0.3, -0.25) is 0 Å². The van der Waals surface area contributed by atoms with E-state index >= 15 is 0 Å². The lowest BCUT2D eigenvalue weighted by molar-refractivity contribution is -0.110. The van der Waals surface area contributed by atoms with Crippen molar-refractivity contribution in [2.45, 2.75) is 117 Å². The van der Waals surface area contributed by atoms with Crippen molar-refractivity contribution in [3.05, 3.63) is 0 Å². The summed E-state index contributed by atoms with van der Waals surface area (Å²) in [7, 11) is -0.0238. The van der Waals surface area contributed by atoms with Gasteiger partial charge in [-0.05, 0) is 110 Å². The lowest BCUT2D eigenvalue weighted by atomic mass is 9.45. The molecule has 0 heterocycles. The molecule has 4 rings (SSSR count). The molecule has 0 aromatic carbocycles. The maximum absolute atomic E-state index is 7.10. The van der Waals surface area contributed by atoms with Crippen LogP contribution in [0.15, 0.2) is 5.16 Å². The molecule has 3 unspecified atom stereocenters. The fourth-order valence-corrected chi connectivity index (χ4v) is 9.40. The van der Waals surface area contributed by atoms with Crippen molar-refractivity contribution in [2.75, 3.05) is 7.11 Å². The molecule has 4 saturated carbocycles. The molecule has 7 atom stereocenters. The zero-order valence-electron chi connectivity index (χ0n) is 21.0. The van der Waals surface area contributed by atoms with Gasteiger partial charge < -0.3 is 9.26 Å². The van der Waals surface area contributed by atoms with E-state index in [4.69, 9.17) is 9.26 Å². The Morgan fingerprint density at radius 1 is 0.933 bits per heavy atom. The van der Waals surface area contributed by atoms with Crippen LogP contribution in [0.2, 0.25) is 18.1 Å². The molecule has 0 spiro atoms. The highest BCUT2D eigenvalue weighted by Crippen LogP contribution is 2.66. The van der Waals surface area contributed by atoms with Gasteiger partial charge in [-0.2, -0.15) is 0 Å². The van der Waals surface area contributed by atoms with E-state index in [9.17, 15) is 0 Å². The average Bonchev–Trinajstić information content (AvgIpc) is 2.97. The van der Waals surface area contributed by atoms with Gasteiger partial charge in [-0.1, -0.05) is 39.8 Å². The van der Waals surface area contributed by atoms with Gasteiger partial charge >= 0.3 is 0 Å². The van der Waals surface area contributed by atoms with Crippen LogP contribution in [0.3, 0.4) is 0 Å². The molecule has 0 aromatic rings. The van der Waals surface area contributed by atoms with Crippen LogP contribution in [0.4, 0.5) is 0 Å². The molecule has 4 aliphatic rings. The van der Waals surface area contributed by atoms with Crippen molar-refractivity contribution >= 4 is 14.0 Å². The van der Waals surface area contributed by atoms with Crippen molar-refractivity contribution in [1.82, 2.24) is 0 Å². The smallest absolute Gasteiger partial charge is 0.192 e. The summed E-state index contributed by atoms with van der Waals surface area (Å²) in [4.78, 5) is 5.12. The third kappa shape index (κ3) is 3.52. The van der Waals surface area contributed by atoms with Gasteiger partial charge in [0.1, 0.15) is 7.11 Å². The highest BCUT2D eigenvalue weighted by Gasteiger charge is 2.61. The summed E-state index contributed by atoms with van der Waals surface area (Å²) in [5, 5.41) is 4.64. The SMILES string of the molecule is CON=C1CC[C@]2(C)C3CC[C@@]4(C)C(CC[C@H]4O[Si](C)(C)C(C)(C)C)C3CC[C@H]2C1. The Balaban J connectivity index is 1.52. The zero-order valence-corrected chi connectivity index (χ0v) is 22.0. The highest BCUT2D eigenvalue weighted by molar-refractivity contribution is 6.74. The van der Waals surface area contributed by atoms with Gasteiger partial charge in [-0.25, -0.2) is 0 Å². The minimum Gasteiger partial charge on any atom is -0.413 e. The van der Waals surface area contributed by atoms with Gasteiger partial charge in [0.25, 0.3) is 0 Å². The molecule has 0 N–H and O–H groups in total. The van der Waals surface area contributed by atoms with Crippen LogP contribution in [0.5, 0.6) is 0 Å². The molecule has 0 aromatic heterocycles. The van der Waals surface area contributed by atoms with Gasteiger partial charge in [0, 0.05) is 0 Å². The molecule has 0 bridgehead atoms. The summed E-state index contributed by atoms with van der Waals surface area (Å²) >= 11 is 0. The van der Waals surface area contributed by atoms with Crippen LogP contribution in [0.1, 0.15) is 92.4 Å². The van der Waals surface area contributed by atoms with Crippen LogP contribution >= 0.6 is 0 Å². The summed E-state index contributed by atoms with van der Waals surface area (Å²) in [5.74, 6) is 3.51. The summed E-state index contributed by atoms with van der Waals surface area (Å²) < 4.78 is 7.10. The second kappa shape index (κ2) is 7.61. The average molecular weight is 434 g/mol. The normalized spacial score (nSPS) is 45.6. The molecule has 4 aliphatic carbocycles. The minimum absolute atomic E-state index is 0.299. The van der Waals surface area contributed by atoms with E-state index in [0.717, 1.165) is 30.1 Å². The maximum atomic E-state index is 7.10. The lowest BCUT2D eigenvalue weighted by Crippen LogP contribution is -2.55. The van der Waals surface area contributed by atoms with E-state index in [1.807, 2.05) is 0 Å². The molecular weight excluding hydrogens is 386 g/mol. The Hall–Kier alpha value is -0.353. The Kier molecular flexibility index (Phi) is 5.79. The number of hydrogen-bond donors (Lipinski definition) is 0. The Labute approximate surface area is 186 Å². The Morgan fingerprint density at radius 2 is 1.63 bits per heavy atom. The fraction of sp³-hybridized carbons (Fsp3) is 0.962. The standard InChI is InChI=1S/C26H47NO2Si/c1-24(2,3)30(7,8)29-23-12-11-21-20-10-9-18-17-19(27-28-6)13-15-25(18,4)22(20)14-16-26(21,23)5/h18,20-23H,9-17H2,1-8H3/t18-,20?,21?,22?,23+,25-,26-/m0/s1. The fourth-order valence-electron chi connectivity index (χ4n) is 7.95. The maximum Gasteiger partial charge on any atom is 0.192 e. The number of rotatable bonds is 3. The topological polar surface area (TPSA) is 30.8 Å². The summed E-state index contributed by atoms with van der Waals surface area (Å²) in [5.41, 5.74) is 2.22. The Morgan fingerprint density at radius 3 is 2.30 bits per heavy atom. The minimum atomic E-state index is -1.72. The number of fused-ring (bicyclic) bond motifs is 5. The second-order valence-corrected chi connectivity index (χ2v) is 17.9. The third-order valence-electron chi connectivity index (χ3n) is 10.9. The van der Waals surface area contributed by atoms with Crippen LogP contribution in [-0.2, 0) is 9.26 Å². The van der Waals surface area contributed by atoms with E-state index in [1.54, 1.807) is 7.11 Å². The predicted octanol–water partition coefficient (Wildman–Crippen LogP) is 7.42. The molecule has 172 valence electrons. The van der Waals surface area contributed by atoms with Gasteiger partial charge in [0.05, 0.1) is 11.8 Å². The second-order valence-electron chi connectivity index (χ2n) is 13.2. The zero-order chi connectivity index (χ0) is 21.9. The number of hydrogen-bond acceptors (Lipinski definition) is 3. The molecule has 3 nitrogen and oxygen atoms in total. The van der Waals surface area contributed by atoms with Crippen molar-refractivity contribution in [3.63, 3.8) is 0 Å². The highest BCUT2D eigenvalue weighted by atomic mass is 28.4. The van der Waals surface area contributed by atoms with Crippen LogP contribution in [0, 0.1) is 34.5 Å². The first-order valence-electron chi connectivity index (χ1n) is 12.7. The van der Waals surface area contributed by atoms with E-state index in [2.05, 4.69) is 52.9 Å². The van der Waals surface area contributed by atoms with Crippen molar-refractivity contribution in [3.8, 4) is 0 Å². The molecule has 0 saturated heterocycles.